The molecule has 0 amide bonds. The van der Waals surface area contributed by atoms with Crippen LogP contribution in [0.15, 0.2) is 0 Å². The molecule has 0 radical (unpaired) electrons. The maximum Gasteiger partial charge on any atom is 0.344 e. The number of rotatable bonds is 26. The van der Waals surface area contributed by atoms with E-state index in [1.165, 1.54) is 0 Å². The molecular formula is C30H59N3O12P2. The van der Waals surface area contributed by atoms with Crippen LogP contribution in [0.25, 0.3) is 0 Å². The molecule has 0 spiro atoms. The Balaban J connectivity index is 3.58. The van der Waals surface area contributed by atoms with Crippen molar-refractivity contribution in [3.05, 3.63) is 0 Å². The summed E-state index contributed by atoms with van der Waals surface area (Å²) in [5.41, 5.74) is 0. The molecule has 1 aliphatic rings. The lowest BCUT2D eigenvalue weighted by atomic mass is 9.88. The van der Waals surface area contributed by atoms with Gasteiger partial charge in [0.25, 0.3) is 0 Å². The van der Waals surface area contributed by atoms with Gasteiger partial charge in [-0.25, -0.2) is 0 Å². The second-order valence-corrected chi connectivity index (χ2v) is 14.8. The molecule has 0 N–H and O–H groups in total. The zero-order valence-corrected chi connectivity index (χ0v) is 31.3. The van der Waals surface area contributed by atoms with Crippen LogP contribution >= 0.6 is 15.2 Å². The standard InChI is InChI=1S/C30H59N3O12P2/c1-8-39-28(34)21-31(22-29(35)40-9-2)19-20-32(24-46(37,42-11-4)43-12-5)26-17-15-16-18-27(26)33(23-30(36)41-10-3)25-47(38,44-13-6)45-14-7/h26-27H,8-25H2,1-7H3/t26-,27-/m0/s1. The molecule has 47 heavy (non-hydrogen) atoms. The Morgan fingerprint density at radius 2 is 0.894 bits per heavy atom. The molecule has 1 fully saturated rings. The van der Waals surface area contributed by atoms with Crippen LogP contribution in [-0.2, 0) is 55.8 Å². The van der Waals surface area contributed by atoms with Gasteiger partial charge in [-0.15, -0.1) is 0 Å². The van der Waals surface area contributed by atoms with Gasteiger partial charge in [-0.2, -0.15) is 0 Å². The fourth-order valence-corrected chi connectivity index (χ4v) is 9.26. The molecule has 0 heterocycles. The number of ether oxygens (including phenoxy) is 3. The lowest BCUT2D eigenvalue weighted by Gasteiger charge is -2.46. The highest BCUT2D eigenvalue weighted by Crippen LogP contribution is 2.51. The molecule has 0 aromatic carbocycles. The third kappa shape index (κ3) is 16.7. The zero-order chi connectivity index (χ0) is 35.3. The third-order valence-corrected chi connectivity index (χ3v) is 11.3. The van der Waals surface area contributed by atoms with E-state index < -0.39 is 33.1 Å². The summed E-state index contributed by atoms with van der Waals surface area (Å²) >= 11 is 0. The number of hydrogen-bond acceptors (Lipinski definition) is 15. The summed E-state index contributed by atoms with van der Waals surface area (Å²) in [5, 5.41) is 0. The Bertz CT molecular complexity index is 981. The molecular weight excluding hydrogens is 656 g/mol. The molecule has 0 aromatic rings. The van der Waals surface area contributed by atoms with Crippen LogP contribution in [0, 0.1) is 0 Å². The van der Waals surface area contributed by atoms with E-state index in [-0.39, 0.29) is 104 Å². The number of hydrogen-bond donors (Lipinski definition) is 0. The van der Waals surface area contributed by atoms with Crippen molar-refractivity contribution < 1.29 is 55.8 Å². The van der Waals surface area contributed by atoms with Gasteiger partial charge in [0.05, 0.1) is 65.9 Å². The molecule has 0 aromatic heterocycles. The Morgan fingerprint density at radius 1 is 0.532 bits per heavy atom. The van der Waals surface area contributed by atoms with Crippen LogP contribution in [-0.4, -0.2) is 136 Å². The van der Waals surface area contributed by atoms with Crippen LogP contribution < -0.4 is 0 Å². The number of nitrogens with zero attached hydrogens (tertiary/aromatic N) is 3. The zero-order valence-electron chi connectivity index (χ0n) is 29.5. The van der Waals surface area contributed by atoms with Crippen molar-refractivity contribution in [3.63, 3.8) is 0 Å². The van der Waals surface area contributed by atoms with Crippen molar-refractivity contribution >= 4 is 33.1 Å². The van der Waals surface area contributed by atoms with Gasteiger partial charge in [0.1, 0.15) is 12.6 Å². The van der Waals surface area contributed by atoms with Crippen molar-refractivity contribution in [3.8, 4) is 0 Å². The Hall–Kier alpha value is -1.41. The van der Waals surface area contributed by atoms with Crippen LogP contribution in [0.5, 0.6) is 0 Å². The highest BCUT2D eigenvalue weighted by Gasteiger charge is 2.41. The minimum absolute atomic E-state index is 0.0790. The normalized spacial score (nSPS) is 17.3. The lowest BCUT2D eigenvalue weighted by molar-refractivity contribution is -0.148. The smallest absolute Gasteiger partial charge is 0.344 e. The van der Waals surface area contributed by atoms with Crippen molar-refractivity contribution in [2.75, 3.05) is 91.5 Å². The quantitative estimate of drug-likeness (QED) is 0.0707. The molecule has 276 valence electrons. The predicted molar refractivity (Wildman–Crippen MR) is 177 cm³/mol. The Kier molecular flexibility index (Phi) is 22.1. The largest absolute Gasteiger partial charge is 0.465 e. The van der Waals surface area contributed by atoms with E-state index in [2.05, 4.69) is 0 Å². The van der Waals surface area contributed by atoms with Gasteiger partial charge in [0, 0.05) is 25.2 Å². The van der Waals surface area contributed by atoms with Crippen molar-refractivity contribution in [1.29, 1.82) is 0 Å². The van der Waals surface area contributed by atoms with Gasteiger partial charge >= 0.3 is 33.1 Å². The van der Waals surface area contributed by atoms with E-state index in [1.54, 1.807) is 58.3 Å². The molecule has 0 aliphatic heterocycles. The van der Waals surface area contributed by atoms with E-state index in [4.69, 9.17) is 32.3 Å². The molecule has 1 saturated carbocycles. The van der Waals surface area contributed by atoms with Gasteiger partial charge in [-0.3, -0.25) is 38.2 Å². The first-order valence-corrected chi connectivity index (χ1v) is 20.3. The first-order valence-electron chi connectivity index (χ1n) is 16.9. The van der Waals surface area contributed by atoms with Crippen molar-refractivity contribution in [2.24, 2.45) is 0 Å². The topological polar surface area (TPSA) is 160 Å². The average Bonchev–Trinajstić information content (AvgIpc) is 2.99. The molecule has 17 heteroatoms. The highest BCUT2D eigenvalue weighted by atomic mass is 31.2. The third-order valence-electron chi connectivity index (χ3n) is 7.30. The van der Waals surface area contributed by atoms with E-state index in [0.29, 0.717) is 12.8 Å². The fraction of sp³-hybridized carbons (Fsp3) is 0.900. The summed E-state index contributed by atoms with van der Waals surface area (Å²) in [6.07, 6.45) is 2.77. The van der Waals surface area contributed by atoms with Crippen molar-refractivity contribution in [2.45, 2.75) is 86.2 Å². The first kappa shape index (κ1) is 43.6. The van der Waals surface area contributed by atoms with Crippen LogP contribution in [0.2, 0.25) is 0 Å². The molecule has 2 atom stereocenters. The Labute approximate surface area is 281 Å². The second-order valence-electron chi connectivity index (χ2n) is 10.8. The molecule has 0 unspecified atom stereocenters. The van der Waals surface area contributed by atoms with Crippen LogP contribution in [0.1, 0.15) is 74.1 Å². The summed E-state index contributed by atoms with van der Waals surface area (Å²) in [5.74, 6) is -1.46. The number of carbonyl (C=O) groups excluding carboxylic acids is 3. The summed E-state index contributed by atoms with van der Waals surface area (Å²) in [6, 6.07) is -0.654. The molecule has 0 saturated heterocycles. The minimum atomic E-state index is -3.63. The lowest BCUT2D eigenvalue weighted by Crippen LogP contribution is -2.56. The fourth-order valence-electron chi connectivity index (χ4n) is 5.66. The second kappa shape index (κ2) is 23.9. The number of esters is 3. The van der Waals surface area contributed by atoms with Crippen molar-refractivity contribution in [1.82, 2.24) is 14.7 Å². The van der Waals surface area contributed by atoms with Gasteiger partial charge in [0.2, 0.25) is 0 Å². The van der Waals surface area contributed by atoms with Gasteiger partial charge < -0.3 is 32.3 Å². The first-order chi connectivity index (χ1) is 22.4. The van der Waals surface area contributed by atoms with Gasteiger partial charge in [-0.1, -0.05) is 12.8 Å². The van der Waals surface area contributed by atoms with Crippen LogP contribution in [0.3, 0.4) is 0 Å². The summed E-state index contributed by atoms with van der Waals surface area (Å²) in [4.78, 5) is 43.2. The average molecular weight is 716 g/mol. The van der Waals surface area contributed by atoms with Gasteiger partial charge in [0.15, 0.2) is 0 Å². The van der Waals surface area contributed by atoms with E-state index in [1.807, 2.05) is 4.90 Å². The summed E-state index contributed by atoms with van der Waals surface area (Å²) in [6.45, 7) is 13.3. The van der Waals surface area contributed by atoms with Gasteiger partial charge in [-0.05, 0) is 61.3 Å². The molecule has 0 bridgehead atoms. The predicted octanol–water partition coefficient (Wildman–Crippen LogP) is 4.34. The Morgan fingerprint density at radius 3 is 1.28 bits per heavy atom. The highest BCUT2D eigenvalue weighted by molar-refractivity contribution is 7.54. The SMILES string of the molecule is CCOC(=O)CN(CCN(CP(=O)(OCC)OCC)[C@H]1CCCC[C@@H]1N(CC(=O)OCC)CP(=O)(OCC)OCC)CC(=O)OCC. The monoisotopic (exact) mass is 715 g/mol. The van der Waals surface area contributed by atoms with E-state index in [9.17, 15) is 23.5 Å². The minimum Gasteiger partial charge on any atom is -0.465 e. The van der Waals surface area contributed by atoms with E-state index >= 15 is 0 Å². The maximum atomic E-state index is 14.0. The summed E-state index contributed by atoms with van der Waals surface area (Å²) < 4.78 is 65.9. The number of carbonyl (C=O) groups is 3. The van der Waals surface area contributed by atoms with E-state index in [0.717, 1.165) is 12.8 Å². The molecule has 15 nitrogen and oxygen atoms in total. The van der Waals surface area contributed by atoms with Crippen LogP contribution in [0.4, 0.5) is 0 Å². The summed E-state index contributed by atoms with van der Waals surface area (Å²) in [7, 11) is -7.25. The molecule has 1 aliphatic carbocycles. The molecule has 1 rings (SSSR count). The maximum absolute atomic E-state index is 14.0.